The predicted octanol–water partition coefficient (Wildman–Crippen LogP) is 0.888. The van der Waals surface area contributed by atoms with E-state index >= 15 is 0 Å². The van der Waals surface area contributed by atoms with Gasteiger partial charge in [-0.1, -0.05) is 13.8 Å². The monoisotopic (exact) mass is 205 g/mol. The Morgan fingerprint density at radius 1 is 1.50 bits per heavy atom. The predicted molar refractivity (Wildman–Crippen MR) is 57.2 cm³/mol. The van der Waals surface area contributed by atoms with E-state index in [1.54, 1.807) is 11.9 Å². The van der Waals surface area contributed by atoms with Crippen LogP contribution in [0.4, 0.5) is 0 Å². The van der Waals surface area contributed by atoms with E-state index in [-0.39, 0.29) is 12.0 Å². The molecule has 0 aromatic rings. The number of carbonyl (C=O) groups excluding carboxylic acids is 1. The van der Waals surface area contributed by atoms with Gasteiger partial charge in [-0.05, 0) is 6.92 Å². The molecule has 1 rings (SSSR count). The fourth-order valence-corrected chi connectivity index (χ4v) is 1.15. The van der Waals surface area contributed by atoms with E-state index in [1.165, 1.54) is 0 Å². The van der Waals surface area contributed by atoms with E-state index in [4.69, 9.17) is 9.84 Å². The number of carbonyl (C=O) groups is 1. The average Bonchev–Trinajstić information content (AvgIpc) is 2.56. The number of rotatable bonds is 2. The van der Waals surface area contributed by atoms with Crippen molar-refractivity contribution in [1.82, 2.24) is 4.90 Å². The van der Waals surface area contributed by atoms with Gasteiger partial charge < -0.3 is 14.7 Å². The van der Waals surface area contributed by atoms with Gasteiger partial charge in [0, 0.05) is 33.7 Å². The van der Waals surface area contributed by atoms with Crippen LogP contribution in [0.15, 0.2) is 0 Å². The van der Waals surface area contributed by atoms with Crippen molar-refractivity contribution in [2.24, 2.45) is 0 Å². The summed E-state index contributed by atoms with van der Waals surface area (Å²) in [5, 5.41) is 7.00. The normalized spacial score (nSPS) is 19.4. The zero-order chi connectivity index (χ0) is 11.6. The molecule has 1 fully saturated rings. The van der Waals surface area contributed by atoms with E-state index in [0.717, 1.165) is 20.1 Å². The largest absolute Gasteiger partial charge is 0.400 e. The highest BCUT2D eigenvalue weighted by Crippen LogP contribution is 2.11. The van der Waals surface area contributed by atoms with Crippen LogP contribution in [0.1, 0.15) is 27.2 Å². The van der Waals surface area contributed by atoms with Crippen molar-refractivity contribution in [2.75, 3.05) is 27.3 Å². The van der Waals surface area contributed by atoms with Gasteiger partial charge in [0.1, 0.15) is 6.10 Å². The Balaban J connectivity index is 0. The molecule has 1 unspecified atom stereocenters. The third-order valence-corrected chi connectivity index (χ3v) is 1.75. The second kappa shape index (κ2) is 10.5. The zero-order valence-electron chi connectivity index (χ0n) is 9.91. The molecule has 14 heavy (non-hydrogen) atoms. The lowest BCUT2D eigenvalue weighted by molar-refractivity contribution is -0.135. The third kappa shape index (κ3) is 5.19. The van der Waals surface area contributed by atoms with E-state index < -0.39 is 0 Å². The van der Waals surface area contributed by atoms with Crippen molar-refractivity contribution in [3.8, 4) is 0 Å². The molecule has 1 aliphatic heterocycles. The molecule has 0 saturated carbocycles. The Morgan fingerprint density at radius 2 is 2.00 bits per heavy atom. The van der Waals surface area contributed by atoms with Crippen LogP contribution in [0, 0.1) is 0 Å². The summed E-state index contributed by atoms with van der Waals surface area (Å²) in [4.78, 5) is 12.8. The quantitative estimate of drug-likeness (QED) is 0.728. The maximum Gasteiger partial charge on any atom is 0.251 e. The summed E-state index contributed by atoms with van der Waals surface area (Å²) in [5.74, 6) is 0.127. The Labute approximate surface area is 86.9 Å². The minimum Gasteiger partial charge on any atom is -0.400 e. The van der Waals surface area contributed by atoms with Gasteiger partial charge in [-0.2, -0.15) is 0 Å². The van der Waals surface area contributed by atoms with Crippen LogP contribution < -0.4 is 0 Å². The minimum absolute atomic E-state index is 0.127. The topological polar surface area (TPSA) is 49.8 Å². The molecule has 0 aromatic carbocycles. The molecule has 1 N–H and O–H groups in total. The highest BCUT2D eigenvalue weighted by molar-refractivity contribution is 5.82. The van der Waals surface area contributed by atoms with Gasteiger partial charge >= 0.3 is 0 Å². The summed E-state index contributed by atoms with van der Waals surface area (Å²) >= 11 is 0. The van der Waals surface area contributed by atoms with Crippen LogP contribution in [0.5, 0.6) is 0 Å². The number of likely N-dealkylation sites (N-methyl/N-ethyl adjacent to an activating group) is 1. The van der Waals surface area contributed by atoms with Crippen molar-refractivity contribution < 1.29 is 14.6 Å². The van der Waals surface area contributed by atoms with E-state index in [1.807, 2.05) is 20.8 Å². The molecule has 1 heterocycles. The van der Waals surface area contributed by atoms with Crippen LogP contribution in [0.3, 0.4) is 0 Å². The van der Waals surface area contributed by atoms with Gasteiger partial charge in [-0.3, -0.25) is 4.79 Å². The molecule has 0 radical (unpaired) electrons. The summed E-state index contributed by atoms with van der Waals surface area (Å²) in [7, 11) is 2.81. The van der Waals surface area contributed by atoms with Crippen LogP contribution in [-0.4, -0.2) is 49.3 Å². The van der Waals surface area contributed by atoms with E-state index in [2.05, 4.69) is 0 Å². The minimum atomic E-state index is -0.157. The molecule has 0 bridgehead atoms. The van der Waals surface area contributed by atoms with Gasteiger partial charge in [0.2, 0.25) is 0 Å². The van der Waals surface area contributed by atoms with E-state index in [0.29, 0.717) is 6.61 Å². The van der Waals surface area contributed by atoms with Crippen molar-refractivity contribution in [1.29, 1.82) is 0 Å². The van der Waals surface area contributed by atoms with Gasteiger partial charge in [-0.25, -0.2) is 0 Å². The summed E-state index contributed by atoms with van der Waals surface area (Å²) in [6.45, 7) is 7.37. The maximum absolute atomic E-state index is 11.1. The average molecular weight is 205 g/mol. The highest BCUT2D eigenvalue weighted by atomic mass is 16.5. The molecule has 0 aromatic heterocycles. The summed E-state index contributed by atoms with van der Waals surface area (Å²) in [5.41, 5.74) is 0. The first-order valence-corrected chi connectivity index (χ1v) is 5.07. The van der Waals surface area contributed by atoms with Crippen molar-refractivity contribution in [3.05, 3.63) is 0 Å². The molecule has 0 aliphatic carbocycles. The molecule has 1 aliphatic rings. The second-order valence-electron chi connectivity index (χ2n) is 2.49. The highest BCUT2D eigenvalue weighted by Gasteiger charge is 2.28. The standard InChI is InChI=1S/C7H13NO2.C2H6.CH4O/c1-3-10-6-4-5-8(2)7(6)9;2*1-2/h6H,3-5H2,1-2H3;1-2H3;2H,1H3. The first-order chi connectivity index (χ1) is 6.75. The lowest BCUT2D eigenvalue weighted by Gasteiger charge is -2.09. The molecule has 1 atom stereocenters. The number of likely N-dealkylation sites (tertiary alicyclic amines) is 1. The van der Waals surface area contributed by atoms with E-state index in [9.17, 15) is 4.79 Å². The van der Waals surface area contributed by atoms with Gasteiger partial charge in [0.05, 0.1) is 0 Å². The number of aliphatic hydroxyl groups is 1. The molecule has 0 spiro atoms. The molecule has 86 valence electrons. The molecular formula is C10H23NO3. The fraction of sp³-hybridized carbons (Fsp3) is 0.900. The number of hydrogen-bond acceptors (Lipinski definition) is 3. The van der Waals surface area contributed by atoms with Crippen LogP contribution >= 0.6 is 0 Å². The first kappa shape index (κ1) is 15.8. The SMILES string of the molecule is CC.CCOC1CCN(C)C1=O.CO. The number of amides is 1. The Morgan fingerprint density at radius 3 is 2.29 bits per heavy atom. The first-order valence-electron chi connectivity index (χ1n) is 5.07. The van der Waals surface area contributed by atoms with Gasteiger partial charge in [0.25, 0.3) is 5.91 Å². The lowest BCUT2D eigenvalue weighted by atomic mass is 10.3. The number of hydrogen-bond donors (Lipinski definition) is 1. The third-order valence-electron chi connectivity index (χ3n) is 1.75. The molecule has 1 amide bonds. The Kier molecular flexibility index (Phi) is 11.9. The number of ether oxygens (including phenoxy) is 1. The van der Waals surface area contributed by atoms with Gasteiger partial charge in [0.15, 0.2) is 0 Å². The van der Waals surface area contributed by atoms with Crippen LogP contribution in [0.25, 0.3) is 0 Å². The smallest absolute Gasteiger partial charge is 0.251 e. The second-order valence-corrected chi connectivity index (χ2v) is 2.49. The summed E-state index contributed by atoms with van der Waals surface area (Å²) < 4.78 is 5.19. The van der Waals surface area contributed by atoms with Crippen molar-refractivity contribution in [3.63, 3.8) is 0 Å². The van der Waals surface area contributed by atoms with Gasteiger partial charge in [-0.15, -0.1) is 0 Å². The van der Waals surface area contributed by atoms with Crippen molar-refractivity contribution >= 4 is 5.91 Å². The maximum atomic E-state index is 11.1. The van der Waals surface area contributed by atoms with Crippen LogP contribution in [-0.2, 0) is 9.53 Å². The summed E-state index contributed by atoms with van der Waals surface area (Å²) in [6.07, 6.45) is 0.693. The number of nitrogens with zero attached hydrogens (tertiary/aromatic N) is 1. The van der Waals surface area contributed by atoms with Crippen molar-refractivity contribution in [2.45, 2.75) is 33.3 Å². The van der Waals surface area contributed by atoms with Crippen LogP contribution in [0.2, 0.25) is 0 Å². The lowest BCUT2D eigenvalue weighted by Crippen LogP contribution is -2.27. The molecular weight excluding hydrogens is 182 g/mol. The Hall–Kier alpha value is -0.610. The fourth-order valence-electron chi connectivity index (χ4n) is 1.15. The Bertz CT molecular complexity index is 137. The number of aliphatic hydroxyl groups excluding tert-OH is 1. The molecule has 4 heteroatoms. The summed E-state index contributed by atoms with van der Waals surface area (Å²) in [6, 6.07) is 0. The molecule has 1 saturated heterocycles. The molecule has 4 nitrogen and oxygen atoms in total. The zero-order valence-corrected chi connectivity index (χ0v) is 9.91.